The predicted octanol–water partition coefficient (Wildman–Crippen LogP) is 1.95. The minimum absolute atomic E-state index is 0.00208. The van der Waals surface area contributed by atoms with Crippen LogP contribution in [-0.2, 0) is 6.42 Å². The van der Waals surface area contributed by atoms with E-state index in [1.807, 2.05) is 0 Å². The Morgan fingerprint density at radius 2 is 2.42 bits per heavy atom. The van der Waals surface area contributed by atoms with E-state index < -0.39 is 0 Å². The highest BCUT2D eigenvalue weighted by Gasteiger charge is 2.03. The molecule has 1 rings (SSSR count). The molecule has 0 spiro atoms. The Morgan fingerprint density at radius 3 is 2.92 bits per heavy atom. The van der Waals surface area contributed by atoms with Crippen molar-refractivity contribution >= 4 is 5.78 Å². The van der Waals surface area contributed by atoms with Crippen molar-refractivity contribution in [1.82, 2.24) is 9.97 Å². The van der Waals surface area contributed by atoms with Crippen LogP contribution in [0.3, 0.4) is 0 Å². The molecule has 0 amide bonds. The van der Waals surface area contributed by atoms with Crippen molar-refractivity contribution in [3.05, 3.63) is 17.7 Å². The molecule has 0 aliphatic heterocycles. The second-order valence-electron chi connectivity index (χ2n) is 2.92. The maximum atomic E-state index is 10.8. The van der Waals surface area contributed by atoms with Crippen LogP contribution in [-0.4, -0.2) is 15.8 Å². The Morgan fingerprint density at radius 1 is 1.67 bits per heavy atom. The molecule has 1 N–H and O–H groups in total. The predicted molar refractivity (Wildman–Crippen MR) is 47.2 cm³/mol. The highest BCUT2D eigenvalue weighted by atomic mass is 16.1. The van der Waals surface area contributed by atoms with E-state index >= 15 is 0 Å². The molecule has 0 fully saturated rings. The molecule has 0 aliphatic carbocycles. The van der Waals surface area contributed by atoms with Gasteiger partial charge in [-0.1, -0.05) is 13.3 Å². The zero-order valence-corrected chi connectivity index (χ0v) is 7.55. The van der Waals surface area contributed by atoms with Crippen LogP contribution in [0.15, 0.2) is 6.20 Å². The largest absolute Gasteiger partial charge is 0.339 e. The lowest BCUT2D eigenvalue weighted by molar-refractivity contribution is 0.100. The van der Waals surface area contributed by atoms with Gasteiger partial charge in [0.15, 0.2) is 11.6 Å². The number of aryl methyl sites for hydroxylation is 1. The van der Waals surface area contributed by atoms with Gasteiger partial charge in [0, 0.05) is 18.8 Å². The first-order valence-corrected chi connectivity index (χ1v) is 4.29. The number of rotatable bonds is 4. The molecule has 1 aromatic rings. The van der Waals surface area contributed by atoms with Gasteiger partial charge in [-0.15, -0.1) is 0 Å². The van der Waals surface area contributed by atoms with Gasteiger partial charge in [0.25, 0.3) is 0 Å². The topological polar surface area (TPSA) is 45.8 Å². The summed E-state index contributed by atoms with van der Waals surface area (Å²) in [6, 6.07) is 0. The van der Waals surface area contributed by atoms with Crippen molar-refractivity contribution in [2.24, 2.45) is 0 Å². The van der Waals surface area contributed by atoms with E-state index in [4.69, 9.17) is 0 Å². The van der Waals surface area contributed by atoms with Crippen molar-refractivity contribution in [2.75, 3.05) is 0 Å². The van der Waals surface area contributed by atoms with Crippen molar-refractivity contribution in [3.8, 4) is 0 Å². The molecule has 66 valence electrons. The molecule has 0 atom stereocenters. The lowest BCUT2D eigenvalue weighted by Gasteiger charge is -1.92. The van der Waals surface area contributed by atoms with Crippen LogP contribution in [0.4, 0.5) is 0 Å². The van der Waals surface area contributed by atoms with Crippen molar-refractivity contribution in [3.63, 3.8) is 0 Å². The van der Waals surface area contributed by atoms with E-state index in [1.54, 1.807) is 6.20 Å². The summed E-state index contributed by atoms with van der Waals surface area (Å²) in [5, 5.41) is 0. The molecule has 0 bridgehead atoms. The number of nitrogens with one attached hydrogen (secondary N) is 1. The fraction of sp³-hybridized carbons (Fsp3) is 0.556. The maximum Gasteiger partial charge on any atom is 0.194 e. The van der Waals surface area contributed by atoms with E-state index in [-0.39, 0.29) is 5.78 Å². The van der Waals surface area contributed by atoms with E-state index in [9.17, 15) is 4.79 Å². The van der Waals surface area contributed by atoms with Crippen LogP contribution in [0.5, 0.6) is 0 Å². The van der Waals surface area contributed by atoms with Gasteiger partial charge in [0.05, 0.1) is 0 Å². The molecule has 0 saturated heterocycles. The molecular weight excluding hydrogens is 152 g/mol. The summed E-state index contributed by atoms with van der Waals surface area (Å²) in [6.07, 6.45) is 5.02. The van der Waals surface area contributed by atoms with Crippen LogP contribution in [0.1, 0.15) is 43.0 Å². The first-order chi connectivity index (χ1) is 5.74. The summed E-state index contributed by atoms with van der Waals surface area (Å²) >= 11 is 0. The van der Waals surface area contributed by atoms with Gasteiger partial charge < -0.3 is 4.98 Å². The third kappa shape index (κ3) is 2.19. The van der Waals surface area contributed by atoms with Crippen molar-refractivity contribution < 1.29 is 4.79 Å². The summed E-state index contributed by atoms with van der Waals surface area (Å²) in [6.45, 7) is 3.66. The Balaban J connectivity index is 2.58. The van der Waals surface area contributed by atoms with Gasteiger partial charge in [-0.3, -0.25) is 4.79 Å². The molecule has 1 aromatic heterocycles. The van der Waals surface area contributed by atoms with Crippen LogP contribution < -0.4 is 0 Å². The fourth-order valence-electron chi connectivity index (χ4n) is 1.03. The van der Waals surface area contributed by atoms with Crippen LogP contribution in [0, 0.1) is 0 Å². The van der Waals surface area contributed by atoms with Crippen LogP contribution >= 0.6 is 0 Å². The summed E-state index contributed by atoms with van der Waals surface area (Å²) in [5.41, 5.74) is 1.06. The molecule has 1 heterocycles. The summed E-state index contributed by atoms with van der Waals surface area (Å²) in [7, 11) is 0. The Kier molecular flexibility index (Phi) is 3.02. The number of ketones is 1. The number of nitrogens with zero attached hydrogens (tertiary/aromatic N) is 1. The average Bonchev–Trinajstić information content (AvgIpc) is 2.48. The van der Waals surface area contributed by atoms with Crippen molar-refractivity contribution in [1.29, 1.82) is 0 Å². The van der Waals surface area contributed by atoms with Crippen molar-refractivity contribution in [2.45, 2.75) is 33.1 Å². The Bertz CT molecular complexity index is 265. The second kappa shape index (κ2) is 4.04. The minimum atomic E-state index is -0.00208. The highest BCUT2D eigenvalue weighted by Crippen LogP contribution is 2.02. The number of carbonyl (C=O) groups is 1. The molecule has 0 saturated carbocycles. The van der Waals surface area contributed by atoms with E-state index in [0.29, 0.717) is 5.82 Å². The van der Waals surface area contributed by atoms with E-state index in [2.05, 4.69) is 16.9 Å². The fourth-order valence-corrected chi connectivity index (χ4v) is 1.03. The van der Waals surface area contributed by atoms with Gasteiger partial charge in [0.2, 0.25) is 0 Å². The number of carbonyl (C=O) groups excluding carboxylic acids is 1. The van der Waals surface area contributed by atoms with Gasteiger partial charge in [0.1, 0.15) is 0 Å². The average molecular weight is 166 g/mol. The molecule has 3 nitrogen and oxygen atoms in total. The molecule has 0 radical (unpaired) electrons. The van der Waals surface area contributed by atoms with E-state index in [1.165, 1.54) is 6.92 Å². The summed E-state index contributed by atoms with van der Waals surface area (Å²) in [5.74, 6) is 0.471. The Hall–Kier alpha value is -1.12. The van der Waals surface area contributed by atoms with Gasteiger partial charge in [-0.05, 0) is 12.8 Å². The molecule has 0 unspecified atom stereocenters. The zero-order valence-electron chi connectivity index (χ0n) is 7.55. The number of unbranched alkanes of at least 4 members (excludes halogenated alkanes) is 1. The molecule has 0 aromatic carbocycles. The second-order valence-corrected chi connectivity index (χ2v) is 2.92. The summed E-state index contributed by atoms with van der Waals surface area (Å²) in [4.78, 5) is 17.8. The monoisotopic (exact) mass is 166 g/mol. The summed E-state index contributed by atoms with van der Waals surface area (Å²) < 4.78 is 0. The number of imidazole rings is 1. The maximum absolute atomic E-state index is 10.8. The molecule has 3 heteroatoms. The molecule has 0 aliphatic rings. The minimum Gasteiger partial charge on any atom is -0.339 e. The standard InChI is InChI=1S/C9H14N2O/c1-3-4-5-8-6-10-9(11-8)7(2)12/h6H,3-5H2,1-2H3,(H,10,11). The van der Waals surface area contributed by atoms with E-state index in [0.717, 1.165) is 25.0 Å². The van der Waals surface area contributed by atoms with Crippen LogP contribution in [0.2, 0.25) is 0 Å². The van der Waals surface area contributed by atoms with Gasteiger partial charge in [-0.25, -0.2) is 4.98 Å². The first-order valence-electron chi connectivity index (χ1n) is 4.29. The third-order valence-electron chi connectivity index (χ3n) is 1.76. The van der Waals surface area contributed by atoms with Gasteiger partial charge >= 0.3 is 0 Å². The number of hydrogen-bond acceptors (Lipinski definition) is 2. The number of aromatic amines is 1. The first kappa shape index (κ1) is 8.97. The number of H-pyrrole nitrogens is 1. The molecule has 12 heavy (non-hydrogen) atoms. The normalized spacial score (nSPS) is 10.2. The zero-order chi connectivity index (χ0) is 8.97. The highest BCUT2D eigenvalue weighted by molar-refractivity contribution is 5.90. The lowest BCUT2D eigenvalue weighted by atomic mass is 10.2. The third-order valence-corrected chi connectivity index (χ3v) is 1.76. The number of aromatic nitrogens is 2. The molecular formula is C9H14N2O. The van der Waals surface area contributed by atoms with Gasteiger partial charge in [-0.2, -0.15) is 0 Å². The number of Topliss-reactive ketones (excluding diaryl/α,β-unsaturated/α-hetero) is 1. The smallest absolute Gasteiger partial charge is 0.194 e. The lowest BCUT2D eigenvalue weighted by Crippen LogP contribution is -1.94. The quantitative estimate of drug-likeness (QED) is 0.695. The number of hydrogen-bond donors (Lipinski definition) is 1. The SMILES string of the molecule is CCCCc1cnc(C(C)=O)[nH]1. The Labute approximate surface area is 72.2 Å². The van der Waals surface area contributed by atoms with Crippen LogP contribution in [0.25, 0.3) is 0 Å².